The topological polar surface area (TPSA) is 47.2 Å². The second kappa shape index (κ2) is 10.7. The molecule has 0 saturated carbocycles. The van der Waals surface area contributed by atoms with Gasteiger partial charge in [-0.2, -0.15) is 0 Å². The molecule has 0 atom stereocenters. The van der Waals surface area contributed by atoms with Gasteiger partial charge in [-0.05, 0) is 56.5 Å². The molecule has 1 fully saturated rings. The summed E-state index contributed by atoms with van der Waals surface area (Å²) in [4.78, 5) is 28.8. The Morgan fingerprint density at radius 2 is 1.56 bits per heavy atom. The summed E-state index contributed by atoms with van der Waals surface area (Å²) in [5, 5.41) is 0.291. The van der Waals surface area contributed by atoms with Crippen LogP contribution in [-0.4, -0.2) is 33.1 Å². The second-order valence-electron chi connectivity index (χ2n) is 9.23. The van der Waals surface area contributed by atoms with Crippen molar-refractivity contribution in [2.24, 2.45) is 0 Å². The molecule has 1 saturated heterocycles. The van der Waals surface area contributed by atoms with Crippen molar-refractivity contribution < 1.29 is 4.79 Å². The second-order valence-corrected chi connectivity index (χ2v) is 9.61. The molecular formula is C28H34ClN3O2. The van der Waals surface area contributed by atoms with Gasteiger partial charge in [0, 0.05) is 19.5 Å². The minimum atomic E-state index is -0.420. The molecule has 1 aromatic heterocycles. The van der Waals surface area contributed by atoms with Gasteiger partial charge in [-0.15, -0.1) is 0 Å². The highest BCUT2D eigenvalue weighted by Crippen LogP contribution is 2.38. The highest BCUT2D eigenvalue weighted by atomic mass is 35.5. The first-order valence-corrected chi connectivity index (χ1v) is 12.8. The number of para-hydroxylation sites is 1. The van der Waals surface area contributed by atoms with Crippen molar-refractivity contribution in [3.8, 4) is 5.69 Å². The summed E-state index contributed by atoms with van der Waals surface area (Å²) in [6, 6.07) is 19.9. The number of halogens is 1. The highest BCUT2D eigenvalue weighted by Gasteiger charge is 2.42. The van der Waals surface area contributed by atoms with E-state index in [1.54, 1.807) is 4.68 Å². The van der Waals surface area contributed by atoms with Gasteiger partial charge in [0.25, 0.3) is 5.56 Å². The van der Waals surface area contributed by atoms with Crippen LogP contribution in [0.1, 0.15) is 57.2 Å². The molecule has 6 heteroatoms. The van der Waals surface area contributed by atoms with Crippen LogP contribution in [0.25, 0.3) is 5.69 Å². The monoisotopic (exact) mass is 479 g/mol. The minimum absolute atomic E-state index is 0.176. The van der Waals surface area contributed by atoms with Crippen molar-refractivity contribution in [3.05, 3.63) is 87.3 Å². The van der Waals surface area contributed by atoms with E-state index in [-0.39, 0.29) is 5.56 Å². The van der Waals surface area contributed by atoms with Gasteiger partial charge >= 0.3 is 0 Å². The fourth-order valence-corrected chi connectivity index (χ4v) is 5.48. The quantitative estimate of drug-likeness (QED) is 0.401. The lowest BCUT2D eigenvalue weighted by atomic mass is 9.68. The molecule has 5 nitrogen and oxygen atoms in total. The predicted octanol–water partition coefficient (Wildman–Crippen LogP) is 5.61. The van der Waals surface area contributed by atoms with Crippen LogP contribution in [-0.2, 0) is 23.3 Å². The van der Waals surface area contributed by atoms with Crippen LogP contribution in [0.4, 0.5) is 0 Å². The Kier molecular flexibility index (Phi) is 7.74. The molecule has 3 aromatic rings. The Morgan fingerprint density at radius 1 is 0.941 bits per heavy atom. The Bertz CT molecular complexity index is 1160. The number of nitrogens with zero attached hydrogens (tertiary/aromatic N) is 3. The van der Waals surface area contributed by atoms with E-state index in [9.17, 15) is 9.59 Å². The molecule has 2 aromatic carbocycles. The number of benzene rings is 2. The molecule has 0 aliphatic carbocycles. The van der Waals surface area contributed by atoms with Gasteiger partial charge in [-0.1, -0.05) is 74.0 Å². The maximum absolute atomic E-state index is 13.3. The van der Waals surface area contributed by atoms with Crippen LogP contribution < -0.4 is 5.56 Å². The number of likely N-dealkylation sites (tertiary alicyclic amines) is 1. The number of rotatable bonds is 9. The summed E-state index contributed by atoms with van der Waals surface area (Å²) in [5.74, 6) is 0.344. The number of hydrogen-bond donors (Lipinski definition) is 0. The predicted molar refractivity (Wildman–Crippen MR) is 138 cm³/mol. The molecule has 34 heavy (non-hydrogen) atoms. The summed E-state index contributed by atoms with van der Waals surface area (Å²) in [5.41, 5.74) is 2.20. The Labute approximate surface area is 206 Å². The molecule has 4 rings (SSSR count). The number of carbonyl (C=O) groups is 1. The first kappa shape index (κ1) is 24.5. The molecular weight excluding hydrogens is 446 g/mol. The van der Waals surface area contributed by atoms with Crippen LogP contribution >= 0.6 is 11.6 Å². The molecule has 1 aliphatic heterocycles. The van der Waals surface area contributed by atoms with Crippen LogP contribution in [0.15, 0.2) is 65.5 Å². The van der Waals surface area contributed by atoms with E-state index >= 15 is 0 Å². The minimum Gasteiger partial charge on any atom is -0.299 e. The van der Waals surface area contributed by atoms with Gasteiger partial charge in [-0.3, -0.25) is 19.2 Å². The first-order chi connectivity index (χ1) is 16.5. The number of carbonyl (C=O) groups excluding carboxylic acids is 1. The van der Waals surface area contributed by atoms with Gasteiger partial charge in [0.15, 0.2) is 0 Å². The van der Waals surface area contributed by atoms with E-state index in [2.05, 4.69) is 30.9 Å². The van der Waals surface area contributed by atoms with E-state index < -0.39 is 5.41 Å². The third-order valence-electron chi connectivity index (χ3n) is 7.04. The van der Waals surface area contributed by atoms with Crippen molar-refractivity contribution in [2.45, 2.75) is 64.5 Å². The van der Waals surface area contributed by atoms with E-state index in [4.69, 9.17) is 11.6 Å². The summed E-state index contributed by atoms with van der Waals surface area (Å²) in [7, 11) is 0. The fourth-order valence-electron chi connectivity index (χ4n) is 5.24. The van der Waals surface area contributed by atoms with Gasteiger partial charge < -0.3 is 0 Å². The van der Waals surface area contributed by atoms with Gasteiger partial charge in [0.1, 0.15) is 10.8 Å². The van der Waals surface area contributed by atoms with E-state index in [1.807, 2.05) is 53.2 Å². The van der Waals surface area contributed by atoms with Crippen molar-refractivity contribution in [3.63, 3.8) is 0 Å². The average molecular weight is 480 g/mol. The zero-order valence-corrected chi connectivity index (χ0v) is 20.9. The van der Waals surface area contributed by atoms with Crippen molar-refractivity contribution in [1.82, 2.24) is 14.3 Å². The zero-order valence-electron chi connectivity index (χ0n) is 20.2. The molecule has 2 heterocycles. The van der Waals surface area contributed by atoms with E-state index in [0.717, 1.165) is 55.7 Å². The molecule has 0 spiro atoms. The fraction of sp³-hybridized carbons (Fsp3) is 0.429. The van der Waals surface area contributed by atoms with Crippen molar-refractivity contribution >= 4 is 17.4 Å². The lowest BCUT2D eigenvalue weighted by Crippen LogP contribution is -2.47. The molecule has 0 radical (unpaired) electrons. The Hall–Kier alpha value is -2.63. The SMILES string of the molecule is CCCC(=O)C1(c2ccccc2)CCN(Cc2c(Cl)c(=O)n(-c3ccccc3)n2CCC)CC1. The Balaban J connectivity index is 1.61. The van der Waals surface area contributed by atoms with Gasteiger partial charge in [-0.25, -0.2) is 4.68 Å². The Morgan fingerprint density at radius 3 is 2.15 bits per heavy atom. The summed E-state index contributed by atoms with van der Waals surface area (Å²) in [6.07, 6.45) is 3.93. The lowest BCUT2D eigenvalue weighted by Gasteiger charge is -2.41. The van der Waals surface area contributed by atoms with Crippen LogP contribution in [0.3, 0.4) is 0 Å². The third-order valence-corrected chi connectivity index (χ3v) is 7.42. The largest absolute Gasteiger partial charge is 0.299 e. The highest BCUT2D eigenvalue weighted by molar-refractivity contribution is 6.31. The number of ketones is 1. The number of piperidine rings is 1. The number of hydrogen-bond acceptors (Lipinski definition) is 3. The molecule has 0 amide bonds. The molecule has 1 aliphatic rings. The molecule has 0 unspecified atom stereocenters. The maximum Gasteiger partial charge on any atom is 0.290 e. The van der Waals surface area contributed by atoms with Crippen molar-refractivity contribution in [2.75, 3.05) is 13.1 Å². The lowest BCUT2D eigenvalue weighted by molar-refractivity contribution is -0.126. The number of Topliss-reactive ketones (excluding diaryl/α,β-unsaturated/α-hetero) is 1. The molecule has 0 bridgehead atoms. The van der Waals surface area contributed by atoms with Crippen LogP contribution in [0.2, 0.25) is 5.02 Å². The summed E-state index contributed by atoms with van der Waals surface area (Å²) in [6.45, 7) is 7.06. The third kappa shape index (κ3) is 4.64. The normalized spacial score (nSPS) is 16.0. The standard InChI is InChI=1S/C28H34ClN3O2/c1-3-11-25(33)28(22-12-7-5-8-13-22)16-19-30(20-17-28)21-24-26(29)27(34)32(31(24)18-4-2)23-14-9-6-10-15-23/h5-10,12-15H,3-4,11,16-21H2,1-2H3. The zero-order chi connectivity index (χ0) is 24.1. The smallest absolute Gasteiger partial charge is 0.290 e. The van der Waals surface area contributed by atoms with Crippen molar-refractivity contribution in [1.29, 1.82) is 0 Å². The van der Waals surface area contributed by atoms with Crippen LogP contribution in [0.5, 0.6) is 0 Å². The van der Waals surface area contributed by atoms with E-state index in [0.29, 0.717) is 30.3 Å². The summed E-state index contributed by atoms with van der Waals surface area (Å²) >= 11 is 6.63. The van der Waals surface area contributed by atoms with E-state index in [1.165, 1.54) is 0 Å². The van der Waals surface area contributed by atoms with Crippen LogP contribution in [0, 0.1) is 0 Å². The maximum atomic E-state index is 13.3. The first-order valence-electron chi connectivity index (χ1n) is 12.4. The molecule has 0 N–H and O–H groups in total. The number of aromatic nitrogens is 2. The van der Waals surface area contributed by atoms with Gasteiger partial charge in [0.2, 0.25) is 0 Å². The van der Waals surface area contributed by atoms with Gasteiger partial charge in [0.05, 0.1) is 16.8 Å². The summed E-state index contributed by atoms with van der Waals surface area (Å²) < 4.78 is 3.73. The average Bonchev–Trinajstić information content (AvgIpc) is 3.10. The molecule has 180 valence electrons.